The van der Waals surface area contributed by atoms with Gasteiger partial charge < -0.3 is 10.2 Å². The van der Waals surface area contributed by atoms with Crippen molar-refractivity contribution in [3.8, 4) is 0 Å². The molecule has 2 rings (SSSR count). The zero-order valence-electron chi connectivity index (χ0n) is 14.0. The van der Waals surface area contributed by atoms with Crippen LogP contribution < -0.4 is 5.32 Å². The van der Waals surface area contributed by atoms with Crippen molar-refractivity contribution >= 4 is 0 Å². The van der Waals surface area contributed by atoms with Crippen molar-refractivity contribution in [3.05, 3.63) is 0 Å². The van der Waals surface area contributed by atoms with Crippen molar-refractivity contribution in [3.63, 3.8) is 0 Å². The van der Waals surface area contributed by atoms with Gasteiger partial charge in [-0.1, -0.05) is 40.0 Å². The fraction of sp³-hybridized carbons (Fsp3) is 1.00. The molecule has 2 aliphatic rings. The van der Waals surface area contributed by atoms with Gasteiger partial charge in [-0.15, -0.1) is 0 Å². The highest BCUT2D eigenvalue weighted by Gasteiger charge is 2.26. The summed E-state index contributed by atoms with van der Waals surface area (Å²) in [6.07, 6.45) is 9.99. The van der Waals surface area contributed by atoms with Gasteiger partial charge in [-0.3, -0.25) is 0 Å². The van der Waals surface area contributed by atoms with E-state index in [9.17, 15) is 0 Å². The Kier molecular flexibility index (Phi) is 6.83. The molecule has 4 atom stereocenters. The molecule has 0 radical (unpaired) electrons. The Balaban J connectivity index is 1.65. The second-order valence-corrected chi connectivity index (χ2v) is 7.55. The van der Waals surface area contributed by atoms with Crippen LogP contribution in [-0.4, -0.2) is 37.1 Å². The van der Waals surface area contributed by atoms with Crippen LogP contribution in [0.5, 0.6) is 0 Å². The van der Waals surface area contributed by atoms with E-state index in [4.69, 9.17) is 0 Å². The van der Waals surface area contributed by atoms with Crippen LogP contribution in [0.4, 0.5) is 0 Å². The van der Waals surface area contributed by atoms with E-state index in [1.165, 1.54) is 71.1 Å². The molecule has 0 amide bonds. The van der Waals surface area contributed by atoms with Gasteiger partial charge in [-0.25, -0.2) is 0 Å². The fourth-order valence-electron chi connectivity index (χ4n) is 4.26. The molecule has 0 aromatic carbocycles. The topological polar surface area (TPSA) is 15.3 Å². The van der Waals surface area contributed by atoms with Crippen LogP contribution in [0, 0.1) is 17.8 Å². The minimum atomic E-state index is 0.765. The summed E-state index contributed by atoms with van der Waals surface area (Å²) in [4.78, 5) is 2.73. The average Bonchev–Trinajstić information content (AvgIpc) is 2.44. The van der Waals surface area contributed by atoms with Crippen LogP contribution in [0.2, 0.25) is 0 Å². The zero-order valence-corrected chi connectivity index (χ0v) is 14.0. The molecular weight excluding hydrogens is 244 g/mol. The van der Waals surface area contributed by atoms with E-state index in [2.05, 4.69) is 31.0 Å². The fourth-order valence-corrected chi connectivity index (χ4v) is 4.26. The van der Waals surface area contributed by atoms with E-state index in [0.29, 0.717) is 0 Å². The molecule has 4 unspecified atom stereocenters. The van der Waals surface area contributed by atoms with Crippen LogP contribution in [-0.2, 0) is 0 Å². The van der Waals surface area contributed by atoms with Crippen molar-refractivity contribution < 1.29 is 0 Å². The van der Waals surface area contributed by atoms with Crippen LogP contribution in [0.25, 0.3) is 0 Å². The summed E-state index contributed by atoms with van der Waals surface area (Å²) in [5, 5.41) is 3.73. The van der Waals surface area contributed by atoms with Crippen molar-refractivity contribution in [2.45, 2.75) is 71.8 Å². The predicted molar refractivity (Wildman–Crippen MR) is 88.0 cm³/mol. The Bertz CT molecular complexity index is 266. The van der Waals surface area contributed by atoms with E-state index in [-0.39, 0.29) is 0 Å². The molecular formula is C18H36N2. The van der Waals surface area contributed by atoms with Crippen LogP contribution >= 0.6 is 0 Å². The van der Waals surface area contributed by atoms with Gasteiger partial charge in [0.15, 0.2) is 0 Å². The number of rotatable bonds is 6. The third-order valence-electron chi connectivity index (χ3n) is 5.54. The third-order valence-corrected chi connectivity index (χ3v) is 5.54. The lowest BCUT2D eigenvalue weighted by Gasteiger charge is -2.38. The SMILES string of the molecule is CCCNC1CCN(CCC2CCCC(C)C2)CC1C. The number of piperidine rings is 1. The minimum Gasteiger partial charge on any atom is -0.314 e. The average molecular weight is 280 g/mol. The van der Waals surface area contributed by atoms with Crippen LogP contribution in [0.1, 0.15) is 65.7 Å². The summed E-state index contributed by atoms with van der Waals surface area (Å²) < 4.78 is 0. The number of hydrogen-bond acceptors (Lipinski definition) is 2. The summed E-state index contributed by atoms with van der Waals surface area (Å²) in [6.45, 7) is 12.3. The Morgan fingerprint density at radius 1 is 1.15 bits per heavy atom. The molecule has 0 spiro atoms. The van der Waals surface area contributed by atoms with E-state index in [0.717, 1.165) is 23.8 Å². The van der Waals surface area contributed by atoms with Gasteiger partial charge in [0.25, 0.3) is 0 Å². The summed E-state index contributed by atoms with van der Waals surface area (Å²) in [5.74, 6) is 2.82. The summed E-state index contributed by atoms with van der Waals surface area (Å²) in [5.41, 5.74) is 0. The highest BCUT2D eigenvalue weighted by atomic mass is 15.1. The molecule has 2 fully saturated rings. The molecule has 1 aliphatic heterocycles. The first-order valence-corrected chi connectivity index (χ1v) is 9.14. The lowest BCUT2D eigenvalue weighted by atomic mass is 9.80. The molecule has 1 heterocycles. The monoisotopic (exact) mass is 280 g/mol. The van der Waals surface area contributed by atoms with E-state index in [1.807, 2.05) is 0 Å². The highest BCUT2D eigenvalue weighted by molar-refractivity contribution is 4.83. The molecule has 1 saturated carbocycles. The molecule has 118 valence electrons. The second kappa shape index (κ2) is 8.38. The molecule has 1 aliphatic carbocycles. The molecule has 2 nitrogen and oxygen atoms in total. The smallest absolute Gasteiger partial charge is 0.0117 e. The quantitative estimate of drug-likeness (QED) is 0.793. The number of nitrogens with zero attached hydrogens (tertiary/aromatic N) is 1. The largest absolute Gasteiger partial charge is 0.314 e. The first-order valence-electron chi connectivity index (χ1n) is 9.14. The second-order valence-electron chi connectivity index (χ2n) is 7.55. The van der Waals surface area contributed by atoms with Gasteiger partial charge in [-0.2, -0.15) is 0 Å². The lowest BCUT2D eigenvalue weighted by molar-refractivity contribution is 0.132. The number of likely N-dealkylation sites (tertiary alicyclic amines) is 1. The van der Waals surface area contributed by atoms with Gasteiger partial charge in [0.2, 0.25) is 0 Å². The lowest BCUT2D eigenvalue weighted by Crippen LogP contribution is -2.48. The molecule has 0 bridgehead atoms. The number of hydrogen-bond donors (Lipinski definition) is 1. The Hall–Kier alpha value is -0.0800. The normalized spacial score (nSPS) is 36.1. The summed E-state index contributed by atoms with van der Waals surface area (Å²) in [7, 11) is 0. The molecule has 2 heteroatoms. The predicted octanol–water partition coefficient (Wildman–Crippen LogP) is 3.91. The summed E-state index contributed by atoms with van der Waals surface area (Å²) >= 11 is 0. The Morgan fingerprint density at radius 2 is 2.00 bits per heavy atom. The van der Waals surface area contributed by atoms with Gasteiger partial charge in [-0.05, 0) is 63.1 Å². The highest BCUT2D eigenvalue weighted by Crippen LogP contribution is 2.31. The molecule has 1 N–H and O–H groups in total. The van der Waals surface area contributed by atoms with Crippen molar-refractivity contribution in [1.82, 2.24) is 10.2 Å². The van der Waals surface area contributed by atoms with Gasteiger partial charge in [0.05, 0.1) is 0 Å². The van der Waals surface area contributed by atoms with Gasteiger partial charge in [0.1, 0.15) is 0 Å². The number of nitrogens with one attached hydrogen (secondary N) is 1. The van der Waals surface area contributed by atoms with Crippen LogP contribution in [0.3, 0.4) is 0 Å². The Morgan fingerprint density at radius 3 is 2.70 bits per heavy atom. The third kappa shape index (κ3) is 5.04. The maximum Gasteiger partial charge on any atom is 0.0117 e. The first kappa shape index (κ1) is 16.3. The molecule has 0 aromatic rings. The molecule has 20 heavy (non-hydrogen) atoms. The maximum atomic E-state index is 3.73. The Labute approximate surface area is 126 Å². The van der Waals surface area contributed by atoms with Crippen molar-refractivity contribution in [2.24, 2.45) is 17.8 Å². The molecule has 1 saturated heterocycles. The standard InChI is InChI=1S/C18H36N2/c1-4-10-19-18-9-12-20(14-16(18)3)11-8-17-7-5-6-15(2)13-17/h15-19H,4-14H2,1-3H3. The summed E-state index contributed by atoms with van der Waals surface area (Å²) in [6, 6.07) is 0.765. The van der Waals surface area contributed by atoms with Gasteiger partial charge >= 0.3 is 0 Å². The van der Waals surface area contributed by atoms with Crippen molar-refractivity contribution in [1.29, 1.82) is 0 Å². The van der Waals surface area contributed by atoms with E-state index < -0.39 is 0 Å². The van der Waals surface area contributed by atoms with Crippen molar-refractivity contribution in [2.75, 3.05) is 26.2 Å². The minimum absolute atomic E-state index is 0.765. The van der Waals surface area contributed by atoms with E-state index >= 15 is 0 Å². The maximum absolute atomic E-state index is 3.73. The van der Waals surface area contributed by atoms with Crippen LogP contribution in [0.15, 0.2) is 0 Å². The van der Waals surface area contributed by atoms with E-state index in [1.54, 1.807) is 0 Å². The zero-order chi connectivity index (χ0) is 14.4. The first-order chi connectivity index (χ1) is 9.69. The molecule has 0 aromatic heterocycles. The van der Waals surface area contributed by atoms with Gasteiger partial charge in [0, 0.05) is 12.6 Å².